The van der Waals surface area contributed by atoms with Crippen molar-refractivity contribution < 1.29 is 9.53 Å². The van der Waals surface area contributed by atoms with Crippen molar-refractivity contribution in [2.45, 2.75) is 0 Å². The second-order valence-electron chi connectivity index (χ2n) is 6.87. The number of carbonyl (C=O) groups is 1. The molecule has 4 rings (SSSR count). The van der Waals surface area contributed by atoms with Gasteiger partial charge in [-0.2, -0.15) is 0 Å². The monoisotopic (exact) mass is 411 g/mol. The average Bonchev–Trinajstić information content (AvgIpc) is 3.15. The molecule has 0 radical (unpaired) electrons. The van der Waals surface area contributed by atoms with Crippen LogP contribution in [0.2, 0.25) is 0 Å². The summed E-state index contributed by atoms with van der Waals surface area (Å²) in [6, 6.07) is 13.8. The summed E-state index contributed by atoms with van der Waals surface area (Å²) in [4.78, 5) is 19.1. The van der Waals surface area contributed by atoms with Crippen LogP contribution in [0.4, 0.5) is 9.93 Å². The Bertz CT molecular complexity index is 984. The first-order valence-corrected chi connectivity index (χ1v) is 10.6. The molecule has 2 amide bonds. The smallest absolute Gasteiger partial charge is 0.321 e. The van der Waals surface area contributed by atoms with Gasteiger partial charge in [0.25, 0.3) is 0 Å². The normalized spacial score (nSPS) is 14.7. The minimum absolute atomic E-state index is 0.218. The first-order valence-electron chi connectivity index (χ1n) is 9.75. The predicted molar refractivity (Wildman–Crippen MR) is 118 cm³/mol. The Labute approximate surface area is 174 Å². The number of urea groups is 1. The molecule has 0 aliphatic carbocycles. The average molecular weight is 412 g/mol. The number of nitrogens with one attached hydrogen (secondary N) is 3. The summed E-state index contributed by atoms with van der Waals surface area (Å²) in [5, 5.41) is 9.68. The van der Waals surface area contributed by atoms with E-state index in [2.05, 4.69) is 31.9 Å². The highest BCUT2D eigenvalue weighted by atomic mass is 32.1. The molecule has 1 saturated heterocycles. The fourth-order valence-corrected chi connectivity index (χ4v) is 4.33. The van der Waals surface area contributed by atoms with Gasteiger partial charge < -0.3 is 15.4 Å². The van der Waals surface area contributed by atoms with Gasteiger partial charge in [-0.15, -0.1) is 0 Å². The lowest BCUT2D eigenvalue weighted by Crippen LogP contribution is -2.46. The molecular formula is C21H25N5O2S. The zero-order valence-electron chi connectivity index (χ0n) is 16.4. The fraction of sp³-hybridized carbons (Fsp3) is 0.333. The molecule has 0 bridgehead atoms. The molecule has 0 atom stereocenters. The van der Waals surface area contributed by atoms with Gasteiger partial charge in [-0.1, -0.05) is 35.6 Å². The number of thiazole rings is 1. The zero-order chi connectivity index (χ0) is 20.1. The summed E-state index contributed by atoms with van der Waals surface area (Å²) in [6.07, 6.45) is 0. The number of aromatic nitrogens is 1. The SMILES string of the molecule is COc1ccccc1-c1ccc2nc(NC(=O)NCCN3CCNCC3)sc2c1. The number of carbonyl (C=O) groups excluding carboxylic acids is 1. The predicted octanol–water partition coefficient (Wildman–Crippen LogP) is 3.00. The Morgan fingerprint density at radius 2 is 2.07 bits per heavy atom. The zero-order valence-corrected chi connectivity index (χ0v) is 17.2. The van der Waals surface area contributed by atoms with E-state index in [1.54, 1.807) is 7.11 Å². The summed E-state index contributed by atoms with van der Waals surface area (Å²) in [6.45, 7) is 5.54. The van der Waals surface area contributed by atoms with Gasteiger partial charge in [-0.3, -0.25) is 10.2 Å². The number of anilines is 1. The molecule has 0 saturated carbocycles. The molecule has 3 N–H and O–H groups in total. The number of fused-ring (bicyclic) bond motifs is 1. The third kappa shape index (κ3) is 4.84. The van der Waals surface area contributed by atoms with E-state index in [4.69, 9.17) is 4.74 Å². The number of amides is 2. The van der Waals surface area contributed by atoms with Crippen molar-refractivity contribution in [3.05, 3.63) is 42.5 Å². The molecule has 152 valence electrons. The van der Waals surface area contributed by atoms with E-state index >= 15 is 0 Å². The largest absolute Gasteiger partial charge is 0.496 e. The maximum atomic E-state index is 12.2. The molecule has 29 heavy (non-hydrogen) atoms. The quantitative estimate of drug-likeness (QED) is 0.581. The Balaban J connectivity index is 1.39. The highest BCUT2D eigenvalue weighted by molar-refractivity contribution is 7.22. The lowest BCUT2D eigenvalue weighted by Gasteiger charge is -2.27. The number of rotatable bonds is 6. The van der Waals surface area contributed by atoms with E-state index in [1.165, 1.54) is 11.3 Å². The van der Waals surface area contributed by atoms with Crippen LogP contribution in [0.25, 0.3) is 21.3 Å². The van der Waals surface area contributed by atoms with Crippen LogP contribution in [-0.2, 0) is 0 Å². The molecule has 3 aromatic rings. The minimum Gasteiger partial charge on any atom is -0.496 e. The summed E-state index contributed by atoms with van der Waals surface area (Å²) < 4.78 is 6.48. The number of ether oxygens (including phenoxy) is 1. The summed E-state index contributed by atoms with van der Waals surface area (Å²) in [5.41, 5.74) is 2.96. The van der Waals surface area contributed by atoms with E-state index < -0.39 is 0 Å². The van der Waals surface area contributed by atoms with E-state index in [1.807, 2.05) is 36.4 Å². The van der Waals surface area contributed by atoms with Crippen LogP contribution in [0.5, 0.6) is 5.75 Å². The first-order chi connectivity index (χ1) is 14.2. The molecular weight excluding hydrogens is 386 g/mol. The number of hydrogen-bond acceptors (Lipinski definition) is 6. The van der Waals surface area contributed by atoms with Crippen molar-refractivity contribution in [1.82, 2.24) is 20.5 Å². The standard InChI is InChI=1S/C21H25N5O2S/c1-28-18-5-3-2-4-16(18)15-6-7-17-19(14-15)29-21(24-17)25-20(27)23-10-13-26-11-8-22-9-12-26/h2-7,14,22H,8-13H2,1H3,(H2,23,24,25,27). The number of nitrogens with zero attached hydrogens (tertiary/aromatic N) is 2. The Kier molecular flexibility index (Phi) is 6.24. The topological polar surface area (TPSA) is 78.5 Å². The van der Waals surface area contributed by atoms with Crippen molar-refractivity contribution in [3.63, 3.8) is 0 Å². The number of methoxy groups -OCH3 is 1. The third-order valence-electron chi connectivity index (χ3n) is 4.95. The Hall–Kier alpha value is -2.68. The van der Waals surface area contributed by atoms with Crippen LogP contribution < -0.4 is 20.7 Å². The highest BCUT2D eigenvalue weighted by Crippen LogP contribution is 2.34. The molecule has 0 unspecified atom stereocenters. The third-order valence-corrected chi connectivity index (χ3v) is 5.88. The van der Waals surface area contributed by atoms with Gasteiger partial charge in [0, 0.05) is 44.8 Å². The van der Waals surface area contributed by atoms with Crippen molar-refractivity contribution in [3.8, 4) is 16.9 Å². The summed E-state index contributed by atoms with van der Waals surface area (Å²) in [5.74, 6) is 0.832. The molecule has 8 heteroatoms. The maximum Gasteiger partial charge on any atom is 0.321 e. The van der Waals surface area contributed by atoms with Gasteiger partial charge in [-0.25, -0.2) is 9.78 Å². The maximum absolute atomic E-state index is 12.2. The molecule has 2 heterocycles. The molecule has 1 aromatic heterocycles. The molecule has 2 aromatic carbocycles. The molecule has 0 spiro atoms. The molecule has 1 aliphatic heterocycles. The van der Waals surface area contributed by atoms with E-state index in [0.29, 0.717) is 11.7 Å². The number of para-hydroxylation sites is 1. The molecule has 7 nitrogen and oxygen atoms in total. The van der Waals surface area contributed by atoms with Gasteiger partial charge in [0.05, 0.1) is 17.3 Å². The van der Waals surface area contributed by atoms with Gasteiger partial charge in [0.1, 0.15) is 5.75 Å². The molecule has 1 fully saturated rings. The van der Waals surface area contributed by atoms with Crippen LogP contribution in [0.3, 0.4) is 0 Å². The molecule has 1 aliphatic rings. The van der Waals surface area contributed by atoms with E-state index in [0.717, 1.165) is 59.8 Å². The van der Waals surface area contributed by atoms with Crippen LogP contribution in [0, 0.1) is 0 Å². The summed E-state index contributed by atoms with van der Waals surface area (Å²) >= 11 is 1.47. The Morgan fingerprint density at radius 3 is 2.90 bits per heavy atom. The van der Waals surface area contributed by atoms with Crippen molar-refractivity contribution in [2.75, 3.05) is 51.7 Å². The number of hydrogen-bond donors (Lipinski definition) is 3. The van der Waals surface area contributed by atoms with Crippen molar-refractivity contribution >= 4 is 32.7 Å². The second kappa shape index (κ2) is 9.21. The fourth-order valence-electron chi connectivity index (χ4n) is 3.43. The van der Waals surface area contributed by atoms with Gasteiger partial charge in [0.2, 0.25) is 0 Å². The van der Waals surface area contributed by atoms with Crippen LogP contribution >= 0.6 is 11.3 Å². The minimum atomic E-state index is -0.218. The van der Waals surface area contributed by atoms with Crippen LogP contribution in [-0.4, -0.2) is 62.3 Å². The Morgan fingerprint density at radius 1 is 1.24 bits per heavy atom. The lowest BCUT2D eigenvalue weighted by atomic mass is 10.0. The van der Waals surface area contributed by atoms with E-state index in [9.17, 15) is 4.79 Å². The van der Waals surface area contributed by atoms with Crippen LogP contribution in [0.1, 0.15) is 0 Å². The second-order valence-corrected chi connectivity index (χ2v) is 7.90. The highest BCUT2D eigenvalue weighted by Gasteiger charge is 2.12. The van der Waals surface area contributed by atoms with Gasteiger partial charge in [-0.05, 0) is 23.8 Å². The van der Waals surface area contributed by atoms with Crippen molar-refractivity contribution in [2.24, 2.45) is 0 Å². The first kappa shape index (κ1) is 19.6. The summed E-state index contributed by atoms with van der Waals surface area (Å²) in [7, 11) is 1.67. The number of benzene rings is 2. The lowest BCUT2D eigenvalue weighted by molar-refractivity contribution is 0.233. The van der Waals surface area contributed by atoms with Gasteiger partial charge in [0.15, 0.2) is 5.13 Å². The van der Waals surface area contributed by atoms with E-state index in [-0.39, 0.29) is 6.03 Å². The number of piperazine rings is 1. The van der Waals surface area contributed by atoms with Crippen LogP contribution in [0.15, 0.2) is 42.5 Å². The van der Waals surface area contributed by atoms with Crippen molar-refractivity contribution in [1.29, 1.82) is 0 Å². The van der Waals surface area contributed by atoms with Gasteiger partial charge >= 0.3 is 6.03 Å².